The number of rotatable bonds is 6. The van der Waals surface area contributed by atoms with Gasteiger partial charge in [0.15, 0.2) is 0 Å². The predicted octanol–water partition coefficient (Wildman–Crippen LogP) is 3.81. The molecule has 0 spiro atoms. The largest absolute Gasteiger partial charge is 0.445 e. The van der Waals surface area contributed by atoms with Crippen molar-refractivity contribution in [2.24, 2.45) is 0 Å². The summed E-state index contributed by atoms with van der Waals surface area (Å²) in [5, 5.41) is 7.79. The van der Waals surface area contributed by atoms with E-state index >= 15 is 0 Å². The lowest BCUT2D eigenvalue weighted by Crippen LogP contribution is -2.26. The molecule has 0 aliphatic heterocycles. The Morgan fingerprint density at radius 3 is 2.68 bits per heavy atom. The monoisotopic (exact) mass is 341 g/mol. The number of halogens is 2. The van der Waals surface area contributed by atoms with Crippen LogP contribution in [-0.2, 0) is 17.9 Å². The van der Waals surface area contributed by atoms with Gasteiger partial charge in [0.05, 0.1) is 5.69 Å². The third kappa shape index (κ3) is 4.64. The zero-order chi connectivity index (χ0) is 15.9. The number of nitrogens with zero attached hydrogens (tertiary/aromatic N) is 2. The van der Waals surface area contributed by atoms with Crippen LogP contribution >= 0.6 is 23.2 Å². The molecule has 2 aromatic rings. The van der Waals surface area contributed by atoms with Gasteiger partial charge in [0.25, 0.3) is 0 Å². The van der Waals surface area contributed by atoms with Gasteiger partial charge < -0.3 is 10.1 Å². The highest BCUT2D eigenvalue weighted by Gasteiger charge is 2.10. The Bertz CT molecular complexity index is 629. The summed E-state index contributed by atoms with van der Waals surface area (Å²) in [5.41, 5.74) is 1.65. The van der Waals surface area contributed by atoms with Crippen LogP contribution in [0.15, 0.2) is 30.3 Å². The number of benzene rings is 1. The number of nitrogens with one attached hydrogen (secondary N) is 1. The number of hydrogen-bond acceptors (Lipinski definition) is 3. The third-order valence-electron chi connectivity index (χ3n) is 3.02. The molecule has 0 fully saturated rings. The summed E-state index contributed by atoms with van der Waals surface area (Å²) in [6.07, 6.45) is 0.238. The minimum atomic E-state index is -0.440. The lowest BCUT2D eigenvalue weighted by molar-refractivity contribution is 0.139. The van der Waals surface area contributed by atoms with Gasteiger partial charge in [-0.3, -0.25) is 4.68 Å². The van der Waals surface area contributed by atoms with Crippen LogP contribution in [0.5, 0.6) is 0 Å². The molecule has 2 rings (SSSR count). The Balaban J connectivity index is 1.66. The van der Waals surface area contributed by atoms with E-state index < -0.39 is 6.09 Å². The van der Waals surface area contributed by atoms with Gasteiger partial charge in [-0.1, -0.05) is 53.5 Å². The van der Waals surface area contributed by atoms with Crippen molar-refractivity contribution in [2.45, 2.75) is 26.5 Å². The van der Waals surface area contributed by atoms with E-state index in [0.717, 1.165) is 5.56 Å². The number of carbonyl (C=O) groups excluding carboxylic acids is 1. The SMILES string of the molecule is Cc1nn(CCCNC(=O)OCc2ccccc2)c(Cl)c1Cl. The van der Waals surface area contributed by atoms with Gasteiger partial charge in [0.1, 0.15) is 16.8 Å². The molecule has 1 heterocycles. The van der Waals surface area contributed by atoms with Gasteiger partial charge >= 0.3 is 6.09 Å². The van der Waals surface area contributed by atoms with E-state index in [9.17, 15) is 4.79 Å². The lowest BCUT2D eigenvalue weighted by atomic mass is 10.2. The Kier molecular flexibility index (Phi) is 6.10. The summed E-state index contributed by atoms with van der Waals surface area (Å²) in [6.45, 7) is 3.10. The van der Waals surface area contributed by atoms with E-state index in [1.807, 2.05) is 30.3 Å². The van der Waals surface area contributed by atoms with Crippen molar-refractivity contribution in [3.63, 3.8) is 0 Å². The minimum absolute atomic E-state index is 0.256. The van der Waals surface area contributed by atoms with Crippen molar-refractivity contribution >= 4 is 29.3 Å². The maximum atomic E-state index is 11.5. The van der Waals surface area contributed by atoms with Gasteiger partial charge in [-0.05, 0) is 18.9 Å². The number of hydrogen-bond donors (Lipinski definition) is 1. The molecule has 0 radical (unpaired) electrons. The lowest BCUT2D eigenvalue weighted by Gasteiger charge is -2.07. The molecule has 1 N–H and O–H groups in total. The number of aryl methyl sites for hydroxylation is 2. The third-order valence-corrected chi connectivity index (χ3v) is 3.96. The molecular formula is C15H17Cl2N3O2. The first-order valence-electron chi connectivity index (χ1n) is 6.91. The predicted molar refractivity (Wildman–Crippen MR) is 86.2 cm³/mol. The molecule has 1 amide bonds. The van der Waals surface area contributed by atoms with Gasteiger partial charge in [-0.25, -0.2) is 4.79 Å². The molecule has 0 bridgehead atoms. The van der Waals surface area contributed by atoms with Crippen LogP contribution < -0.4 is 5.32 Å². The molecule has 1 aromatic carbocycles. The van der Waals surface area contributed by atoms with E-state index in [4.69, 9.17) is 27.9 Å². The summed E-state index contributed by atoms with van der Waals surface area (Å²) < 4.78 is 6.73. The summed E-state index contributed by atoms with van der Waals surface area (Å²) in [6, 6.07) is 9.52. The Morgan fingerprint density at radius 1 is 1.32 bits per heavy atom. The van der Waals surface area contributed by atoms with Crippen LogP contribution in [0.2, 0.25) is 10.2 Å². The Morgan fingerprint density at radius 2 is 2.05 bits per heavy atom. The molecule has 0 unspecified atom stereocenters. The second-order valence-corrected chi connectivity index (χ2v) is 5.49. The summed E-state index contributed by atoms with van der Waals surface area (Å²) in [7, 11) is 0. The topological polar surface area (TPSA) is 56.2 Å². The molecule has 0 saturated heterocycles. The van der Waals surface area contributed by atoms with Crippen LogP contribution in [0.25, 0.3) is 0 Å². The fraction of sp³-hybridized carbons (Fsp3) is 0.333. The number of amides is 1. The van der Waals surface area contributed by atoms with Crippen molar-refractivity contribution < 1.29 is 9.53 Å². The summed E-state index contributed by atoms with van der Waals surface area (Å²) in [4.78, 5) is 11.5. The van der Waals surface area contributed by atoms with Crippen molar-refractivity contribution in [1.29, 1.82) is 0 Å². The van der Waals surface area contributed by atoms with Crippen molar-refractivity contribution in [1.82, 2.24) is 15.1 Å². The fourth-order valence-electron chi connectivity index (χ4n) is 1.87. The number of ether oxygens (including phenoxy) is 1. The number of alkyl carbamates (subject to hydrolysis) is 1. The second kappa shape index (κ2) is 8.06. The molecule has 118 valence electrons. The normalized spacial score (nSPS) is 10.5. The van der Waals surface area contributed by atoms with E-state index in [1.165, 1.54) is 0 Å². The summed E-state index contributed by atoms with van der Waals surface area (Å²) in [5.74, 6) is 0. The molecular weight excluding hydrogens is 325 g/mol. The fourth-order valence-corrected chi connectivity index (χ4v) is 2.27. The molecule has 1 aromatic heterocycles. The maximum absolute atomic E-state index is 11.5. The van der Waals surface area contributed by atoms with Crippen LogP contribution in [0, 0.1) is 6.92 Å². The molecule has 0 atom stereocenters. The van der Waals surface area contributed by atoms with Crippen molar-refractivity contribution in [3.8, 4) is 0 Å². The highest BCUT2D eigenvalue weighted by atomic mass is 35.5. The molecule has 0 aliphatic carbocycles. The average molecular weight is 342 g/mol. The van der Waals surface area contributed by atoms with Crippen LogP contribution in [0.1, 0.15) is 17.7 Å². The Labute approximate surface area is 139 Å². The van der Waals surface area contributed by atoms with E-state index in [-0.39, 0.29) is 6.61 Å². The van der Waals surface area contributed by atoms with E-state index in [1.54, 1.807) is 11.6 Å². The molecule has 5 nitrogen and oxygen atoms in total. The molecule has 7 heteroatoms. The summed E-state index contributed by atoms with van der Waals surface area (Å²) >= 11 is 12.0. The van der Waals surface area contributed by atoms with Gasteiger partial charge in [-0.2, -0.15) is 5.10 Å². The smallest absolute Gasteiger partial charge is 0.407 e. The first kappa shape index (κ1) is 16.6. The first-order chi connectivity index (χ1) is 10.6. The number of aromatic nitrogens is 2. The highest BCUT2D eigenvalue weighted by Crippen LogP contribution is 2.24. The van der Waals surface area contributed by atoms with Gasteiger partial charge in [0, 0.05) is 13.1 Å². The van der Waals surface area contributed by atoms with Gasteiger partial charge in [0.2, 0.25) is 0 Å². The molecule has 0 saturated carbocycles. The Hall–Kier alpha value is -1.72. The van der Waals surface area contributed by atoms with Crippen LogP contribution in [0.3, 0.4) is 0 Å². The molecule has 0 aliphatic rings. The zero-order valence-corrected chi connectivity index (χ0v) is 13.7. The second-order valence-electron chi connectivity index (χ2n) is 4.76. The quantitative estimate of drug-likeness (QED) is 0.812. The standard InChI is InChI=1S/C15H17Cl2N3O2/c1-11-13(16)14(17)20(19-11)9-5-8-18-15(21)22-10-12-6-3-2-4-7-12/h2-4,6-7H,5,8-10H2,1H3,(H,18,21). The van der Waals surface area contributed by atoms with E-state index in [0.29, 0.717) is 35.4 Å². The van der Waals surface area contributed by atoms with Gasteiger partial charge in [-0.15, -0.1) is 0 Å². The van der Waals surface area contributed by atoms with E-state index in [2.05, 4.69) is 10.4 Å². The van der Waals surface area contributed by atoms with Crippen LogP contribution in [0.4, 0.5) is 4.79 Å². The van der Waals surface area contributed by atoms with Crippen LogP contribution in [-0.4, -0.2) is 22.4 Å². The highest BCUT2D eigenvalue weighted by molar-refractivity contribution is 6.41. The average Bonchev–Trinajstić information content (AvgIpc) is 2.78. The first-order valence-corrected chi connectivity index (χ1v) is 7.66. The molecule has 22 heavy (non-hydrogen) atoms. The zero-order valence-electron chi connectivity index (χ0n) is 12.2. The minimum Gasteiger partial charge on any atom is -0.445 e. The maximum Gasteiger partial charge on any atom is 0.407 e. The number of carbonyl (C=O) groups is 1. The van der Waals surface area contributed by atoms with Crippen molar-refractivity contribution in [3.05, 3.63) is 51.8 Å². The van der Waals surface area contributed by atoms with Crippen molar-refractivity contribution in [2.75, 3.05) is 6.54 Å².